The number of rotatable bonds is 12. The van der Waals surface area contributed by atoms with Crippen LogP contribution in [0.15, 0.2) is 5.28 Å². The average molecular weight is 280 g/mol. The van der Waals surface area contributed by atoms with Crippen LogP contribution in [0.3, 0.4) is 0 Å². The van der Waals surface area contributed by atoms with Crippen LogP contribution in [0.5, 0.6) is 0 Å². The number of unbranched alkanes of at least 4 members (excludes halogenated alkanes) is 1. The molecule has 9 heteroatoms. The monoisotopic (exact) mass is 280 g/mol. The van der Waals surface area contributed by atoms with E-state index < -0.39 is 0 Å². The molecule has 0 saturated heterocycles. The Balaban J connectivity index is 0. The summed E-state index contributed by atoms with van der Waals surface area (Å²) < 4.78 is 0. The smallest absolute Gasteiger partial charge is 0.230 e. The highest BCUT2D eigenvalue weighted by atomic mass is 16.6. The van der Waals surface area contributed by atoms with E-state index in [4.69, 9.17) is 16.7 Å². The number of nitrogens with two attached hydrogens (primary N) is 2. The Kier molecular flexibility index (Phi) is 15.8. The maximum atomic E-state index is 11.2. The van der Waals surface area contributed by atoms with Crippen LogP contribution in [-0.2, 0) is 0 Å². The number of hydrogen-bond acceptors (Lipinski definition) is 5. The number of hydrogen-bond donors (Lipinski definition) is 4. The molecule has 0 aromatic rings. The van der Waals surface area contributed by atoms with Crippen molar-refractivity contribution in [1.82, 2.24) is 10.3 Å². The van der Waals surface area contributed by atoms with Gasteiger partial charge in [-0.05, 0) is 51.9 Å². The zero-order valence-electron chi connectivity index (χ0n) is 11.4. The molecule has 0 aliphatic rings. The van der Waals surface area contributed by atoms with Crippen LogP contribution >= 0.6 is 0 Å². The van der Waals surface area contributed by atoms with Crippen molar-refractivity contribution in [2.45, 2.75) is 25.7 Å². The molecule has 0 saturated carbocycles. The Morgan fingerprint density at radius 2 is 1.63 bits per heavy atom. The molecule has 0 heterocycles. The predicted octanol–water partition coefficient (Wildman–Crippen LogP) is -1.20. The molecule has 19 heavy (non-hydrogen) atoms. The molecule has 0 atom stereocenters. The molecule has 116 valence electrons. The van der Waals surface area contributed by atoms with E-state index in [1.807, 2.05) is 0 Å². The highest BCUT2D eigenvalue weighted by Crippen LogP contribution is 1.97. The van der Waals surface area contributed by atoms with Crippen molar-refractivity contribution in [1.29, 1.82) is 0 Å². The summed E-state index contributed by atoms with van der Waals surface area (Å²) in [6.45, 7) is 4.10. The van der Waals surface area contributed by atoms with Crippen LogP contribution in [0.25, 0.3) is 0 Å². The SMILES string of the molecule is NCCCNCCCCN(CCCN)/[N+]([O-])=N/O.O. The molecule has 0 aromatic heterocycles. The normalized spacial score (nSPS) is 11.2. The summed E-state index contributed by atoms with van der Waals surface area (Å²) in [5, 5.41) is 26.9. The average Bonchev–Trinajstić information content (AvgIpc) is 2.40. The van der Waals surface area contributed by atoms with Crippen molar-refractivity contribution < 1.29 is 15.7 Å². The van der Waals surface area contributed by atoms with Gasteiger partial charge in [0.15, 0.2) is 0 Å². The molecular weight excluding hydrogens is 252 g/mol. The van der Waals surface area contributed by atoms with Crippen molar-refractivity contribution in [3.8, 4) is 0 Å². The van der Waals surface area contributed by atoms with Gasteiger partial charge in [0.25, 0.3) is 0 Å². The molecular formula is C10H28N6O3. The zero-order valence-corrected chi connectivity index (χ0v) is 11.4. The maximum absolute atomic E-state index is 11.2. The highest BCUT2D eigenvalue weighted by molar-refractivity contribution is 4.52. The summed E-state index contributed by atoms with van der Waals surface area (Å²) >= 11 is 0. The fraction of sp³-hybridized carbons (Fsp3) is 1.00. The molecule has 0 spiro atoms. The first-order valence-corrected chi connectivity index (χ1v) is 6.44. The third-order valence-electron chi connectivity index (χ3n) is 2.52. The van der Waals surface area contributed by atoms with Gasteiger partial charge in [-0.3, -0.25) is 0 Å². The second-order valence-electron chi connectivity index (χ2n) is 4.04. The van der Waals surface area contributed by atoms with E-state index in [0.717, 1.165) is 32.4 Å². The fourth-order valence-electron chi connectivity index (χ4n) is 1.51. The lowest BCUT2D eigenvalue weighted by Crippen LogP contribution is -2.34. The Hall–Kier alpha value is -1.16. The highest BCUT2D eigenvalue weighted by Gasteiger charge is 2.11. The van der Waals surface area contributed by atoms with E-state index in [0.29, 0.717) is 32.6 Å². The summed E-state index contributed by atoms with van der Waals surface area (Å²) in [5.41, 5.74) is 10.8. The van der Waals surface area contributed by atoms with Gasteiger partial charge in [0.1, 0.15) is 0 Å². The third-order valence-corrected chi connectivity index (χ3v) is 2.52. The zero-order chi connectivity index (χ0) is 13.6. The topological polar surface area (TPSA) is 157 Å². The van der Waals surface area contributed by atoms with Gasteiger partial charge in [-0.25, -0.2) is 0 Å². The minimum absolute atomic E-state index is 0. The quantitative estimate of drug-likeness (QED) is 0.152. The van der Waals surface area contributed by atoms with Crippen LogP contribution < -0.4 is 16.8 Å². The molecule has 0 amide bonds. The first-order valence-electron chi connectivity index (χ1n) is 6.44. The van der Waals surface area contributed by atoms with Gasteiger partial charge in [0.2, 0.25) is 5.28 Å². The largest absolute Gasteiger partial charge is 0.569 e. The van der Waals surface area contributed by atoms with Gasteiger partial charge >= 0.3 is 0 Å². The minimum atomic E-state index is 0. The number of hydrazine groups is 1. The molecule has 0 unspecified atom stereocenters. The molecule has 9 nitrogen and oxygen atoms in total. The third kappa shape index (κ3) is 11.7. The number of nitrogens with one attached hydrogen (secondary N) is 1. The van der Waals surface area contributed by atoms with Crippen molar-refractivity contribution in [2.75, 3.05) is 39.3 Å². The van der Waals surface area contributed by atoms with Gasteiger partial charge in [-0.15, -0.1) is 5.01 Å². The van der Waals surface area contributed by atoms with Crippen molar-refractivity contribution >= 4 is 0 Å². The summed E-state index contributed by atoms with van der Waals surface area (Å²) in [6, 6.07) is 0. The lowest BCUT2D eigenvalue weighted by Gasteiger charge is -2.17. The molecule has 0 bridgehead atoms. The van der Waals surface area contributed by atoms with E-state index in [-0.39, 0.29) is 10.4 Å². The lowest BCUT2D eigenvalue weighted by atomic mass is 10.3. The first-order chi connectivity index (χ1) is 8.76. The second kappa shape index (κ2) is 14.9. The van der Waals surface area contributed by atoms with Gasteiger partial charge in [-0.1, -0.05) is 0 Å². The Labute approximate surface area is 114 Å². The summed E-state index contributed by atoms with van der Waals surface area (Å²) in [4.78, 5) is 0.220. The molecule has 0 aromatic carbocycles. The van der Waals surface area contributed by atoms with Gasteiger partial charge in [0, 0.05) is 0 Å². The van der Waals surface area contributed by atoms with E-state index in [9.17, 15) is 5.21 Å². The van der Waals surface area contributed by atoms with Crippen molar-refractivity contribution in [3.05, 3.63) is 5.21 Å². The minimum Gasteiger partial charge on any atom is -0.569 e. The first kappa shape index (κ1) is 20.2. The van der Waals surface area contributed by atoms with Crippen LogP contribution in [0.4, 0.5) is 0 Å². The van der Waals surface area contributed by atoms with Crippen LogP contribution in [0, 0.1) is 5.21 Å². The van der Waals surface area contributed by atoms with Gasteiger partial charge in [-0.2, -0.15) is 0 Å². The van der Waals surface area contributed by atoms with E-state index in [1.54, 1.807) is 0 Å². The Morgan fingerprint density at radius 3 is 2.21 bits per heavy atom. The molecule has 8 N–H and O–H groups in total. The van der Waals surface area contributed by atoms with Crippen LogP contribution in [-0.4, -0.2) is 59.9 Å². The fourth-order valence-corrected chi connectivity index (χ4v) is 1.51. The Morgan fingerprint density at radius 1 is 1.05 bits per heavy atom. The van der Waals surface area contributed by atoms with Crippen molar-refractivity contribution in [2.24, 2.45) is 16.7 Å². The molecule has 0 rings (SSSR count). The predicted molar refractivity (Wildman–Crippen MR) is 72.5 cm³/mol. The summed E-state index contributed by atoms with van der Waals surface area (Å²) in [5.74, 6) is 0. The second-order valence-corrected chi connectivity index (χ2v) is 4.04. The van der Waals surface area contributed by atoms with Crippen LogP contribution in [0.2, 0.25) is 0 Å². The van der Waals surface area contributed by atoms with Gasteiger partial charge in [0.05, 0.1) is 18.1 Å². The molecule has 0 fully saturated rings. The molecule has 0 aliphatic heterocycles. The van der Waals surface area contributed by atoms with E-state index in [2.05, 4.69) is 10.6 Å². The van der Waals surface area contributed by atoms with E-state index >= 15 is 0 Å². The summed E-state index contributed by atoms with van der Waals surface area (Å²) in [7, 11) is 0. The Bertz CT molecular complexity index is 217. The summed E-state index contributed by atoms with van der Waals surface area (Å²) in [6.07, 6.45) is 3.49. The maximum Gasteiger partial charge on any atom is 0.230 e. The van der Waals surface area contributed by atoms with Crippen molar-refractivity contribution in [3.63, 3.8) is 0 Å². The molecule has 0 radical (unpaired) electrons. The van der Waals surface area contributed by atoms with Crippen LogP contribution in [0.1, 0.15) is 25.7 Å². The number of nitrogens with zero attached hydrogens (tertiary/aromatic N) is 3. The van der Waals surface area contributed by atoms with E-state index in [1.165, 1.54) is 5.01 Å². The standard InChI is InChI=1S/C10H26N6O2.H2O/c11-5-3-8-13-7-1-2-9-15(10-4-6-12)16(18)14-17;/h13,17H,1-12H2;1H2/b16-14-;. The molecule has 0 aliphatic carbocycles. The van der Waals surface area contributed by atoms with Gasteiger partial charge < -0.3 is 32.7 Å². The lowest BCUT2D eigenvalue weighted by molar-refractivity contribution is -0.709.